The van der Waals surface area contributed by atoms with Crippen LogP contribution in [0.2, 0.25) is 0 Å². The summed E-state index contributed by atoms with van der Waals surface area (Å²) in [5.74, 6) is 2.87. The standard InChI is InChI=1S/C25H33NO/c1-16-14-17-15-18(27)9-11-24(17,2)21-10-12-25(3)19(7-8-20(25)23(16)21)22-6-4-5-13-26-22/h4-7,13-14,16,18,20-21,23,27H,8-12,15H2,1-3H3/t16?,18?,20-,21-,23-,24-,25+/m0/s1. The van der Waals surface area contributed by atoms with Crippen molar-refractivity contribution in [3.05, 3.63) is 47.8 Å². The molecule has 7 atom stereocenters. The Morgan fingerprint density at radius 1 is 1.07 bits per heavy atom. The fraction of sp³-hybridized carbons (Fsp3) is 0.640. The SMILES string of the molecule is CC1C=C2CC(O)CC[C@]2(C)[C@H]2CC[C@]3(C)C(c4ccccn4)=CC[C@H]3[C@H]12. The van der Waals surface area contributed by atoms with E-state index < -0.39 is 0 Å². The number of aliphatic hydroxyl groups is 1. The summed E-state index contributed by atoms with van der Waals surface area (Å²) in [6, 6.07) is 6.33. The lowest BCUT2D eigenvalue weighted by atomic mass is 9.45. The summed E-state index contributed by atoms with van der Waals surface area (Å²) in [5, 5.41) is 10.2. The lowest BCUT2D eigenvalue weighted by Crippen LogP contribution is -2.52. The third-order valence-corrected chi connectivity index (χ3v) is 8.93. The Hall–Kier alpha value is -1.41. The van der Waals surface area contributed by atoms with Crippen LogP contribution in [0.5, 0.6) is 0 Å². The summed E-state index contributed by atoms with van der Waals surface area (Å²) in [6.07, 6.45) is 13.7. The van der Waals surface area contributed by atoms with Gasteiger partial charge in [0, 0.05) is 6.20 Å². The van der Waals surface area contributed by atoms with Gasteiger partial charge in [0.1, 0.15) is 0 Å². The van der Waals surface area contributed by atoms with E-state index in [0.29, 0.717) is 11.3 Å². The smallest absolute Gasteiger partial charge is 0.0664 e. The molecule has 1 heterocycles. The zero-order chi connectivity index (χ0) is 18.8. The van der Waals surface area contributed by atoms with E-state index in [-0.39, 0.29) is 11.5 Å². The first kappa shape index (κ1) is 17.7. The number of allylic oxidation sites excluding steroid dienone is 3. The van der Waals surface area contributed by atoms with Crippen molar-refractivity contribution in [3.63, 3.8) is 0 Å². The first-order chi connectivity index (χ1) is 12.9. The highest BCUT2D eigenvalue weighted by Gasteiger charge is 2.58. The molecule has 2 saturated carbocycles. The molecular weight excluding hydrogens is 330 g/mol. The van der Waals surface area contributed by atoms with Crippen LogP contribution >= 0.6 is 0 Å². The van der Waals surface area contributed by atoms with Crippen LogP contribution in [0.1, 0.15) is 65.0 Å². The lowest BCUT2D eigenvalue weighted by Gasteiger charge is -2.59. The van der Waals surface area contributed by atoms with E-state index in [2.05, 4.69) is 45.1 Å². The highest BCUT2D eigenvalue weighted by molar-refractivity contribution is 5.70. The topological polar surface area (TPSA) is 33.1 Å². The largest absolute Gasteiger partial charge is 0.393 e. The van der Waals surface area contributed by atoms with Gasteiger partial charge in [-0.3, -0.25) is 4.98 Å². The van der Waals surface area contributed by atoms with Gasteiger partial charge in [-0.2, -0.15) is 0 Å². The summed E-state index contributed by atoms with van der Waals surface area (Å²) in [5.41, 5.74) is 4.82. The summed E-state index contributed by atoms with van der Waals surface area (Å²) in [4.78, 5) is 4.70. The van der Waals surface area contributed by atoms with Crippen molar-refractivity contribution in [1.82, 2.24) is 4.98 Å². The van der Waals surface area contributed by atoms with E-state index in [1.54, 1.807) is 5.57 Å². The van der Waals surface area contributed by atoms with Gasteiger partial charge in [0.15, 0.2) is 0 Å². The monoisotopic (exact) mass is 363 g/mol. The van der Waals surface area contributed by atoms with E-state index >= 15 is 0 Å². The molecule has 0 radical (unpaired) electrons. The minimum absolute atomic E-state index is 0.120. The number of rotatable bonds is 1. The molecule has 4 aliphatic carbocycles. The minimum Gasteiger partial charge on any atom is -0.393 e. The number of aromatic nitrogens is 1. The number of nitrogens with zero attached hydrogens (tertiary/aromatic N) is 1. The Labute approximate surface area is 163 Å². The third kappa shape index (κ3) is 2.45. The molecule has 0 amide bonds. The fourth-order valence-corrected chi connectivity index (χ4v) is 7.49. The van der Waals surface area contributed by atoms with Crippen molar-refractivity contribution >= 4 is 5.57 Å². The Morgan fingerprint density at radius 2 is 1.89 bits per heavy atom. The Balaban J connectivity index is 1.52. The second-order valence-electron chi connectivity index (χ2n) is 10.2. The van der Waals surface area contributed by atoms with Crippen molar-refractivity contribution in [2.75, 3.05) is 0 Å². The predicted molar refractivity (Wildman–Crippen MR) is 110 cm³/mol. The third-order valence-electron chi connectivity index (χ3n) is 8.93. The average Bonchev–Trinajstić information content (AvgIpc) is 3.01. The summed E-state index contributed by atoms with van der Waals surface area (Å²) < 4.78 is 0. The van der Waals surface area contributed by atoms with Gasteiger partial charge in [0.05, 0.1) is 11.8 Å². The molecule has 1 N–H and O–H groups in total. The molecule has 1 aromatic heterocycles. The van der Waals surface area contributed by atoms with Crippen LogP contribution in [-0.4, -0.2) is 16.2 Å². The summed E-state index contributed by atoms with van der Waals surface area (Å²) >= 11 is 0. The van der Waals surface area contributed by atoms with Crippen LogP contribution in [-0.2, 0) is 0 Å². The molecule has 144 valence electrons. The van der Waals surface area contributed by atoms with Gasteiger partial charge in [-0.05, 0) is 90.7 Å². The number of fused-ring (bicyclic) bond motifs is 5. The molecule has 2 nitrogen and oxygen atoms in total. The molecule has 0 spiro atoms. The van der Waals surface area contributed by atoms with Crippen molar-refractivity contribution in [2.45, 2.75) is 65.4 Å². The maximum Gasteiger partial charge on any atom is 0.0664 e. The van der Waals surface area contributed by atoms with E-state index in [9.17, 15) is 5.11 Å². The first-order valence-corrected chi connectivity index (χ1v) is 10.9. The van der Waals surface area contributed by atoms with Crippen molar-refractivity contribution in [1.29, 1.82) is 0 Å². The van der Waals surface area contributed by atoms with E-state index in [4.69, 9.17) is 4.98 Å². The molecule has 0 aliphatic heterocycles. The number of hydrogen-bond donors (Lipinski definition) is 1. The van der Waals surface area contributed by atoms with Gasteiger partial charge >= 0.3 is 0 Å². The lowest BCUT2D eigenvalue weighted by molar-refractivity contribution is -0.0426. The van der Waals surface area contributed by atoms with Crippen molar-refractivity contribution in [2.24, 2.45) is 34.5 Å². The van der Waals surface area contributed by atoms with E-state index in [1.807, 2.05) is 12.3 Å². The fourth-order valence-electron chi connectivity index (χ4n) is 7.49. The van der Waals surface area contributed by atoms with Crippen LogP contribution in [0.3, 0.4) is 0 Å². The molecule has 2 fully saturated rings. The van der Waals surface area contributed by atoms with Gasteiger partial charge in [-0.15, -0.1) is 0 Å². The Morgan fingerprint density at radius 3 is 2.67 bits per heavy atom. The van der Waals surface area contributed by atoms with Crippen LogP contribution in [0, 0.1) is 34.5 Å². The Kier molecular flexibility index (Phi) is 3.95. The summed E-state index contributed by atoms with van der Waals surface area (Å²) in [7, 11) is 0. The van der Waals surface area contributed by atoms with Crippen LogP contribution in [0.25, 0.3) is 5.57 Å². The number of aliphatic hydroxyl groups excluding tert-OH is 1. The van der Waals surface area contributed by atoms with Crippen molar-refractivity contribution in [3.8, 4) is 0 Å². The van der Waals surface area contributed by atoms with Crippen LogP contribution in [0.4, 0.5) is 0 Å². The molecule has 2 unspecified atom stereocenters. The zero-order valence-electron chi connectivity index (χ0n) is 17.0. The maximum atomic E-state index is 10.2. The van der Waals surface area contributed by atoms with Gasteiger partial charge in [-0.1, -0.05) is 44.6 Å². The second-order valence-corrected chi connectivity index (χ2v) is 10.2. The molecule has 5 rings (SSSR count). The minimum atomic E-state index is -0.120. The van der Waals surface area contributed by atoms with Gasteiger partial charge < -0.3 is 5.11 Å². The molecular formula is C25H33NO. The van der Waals surface area contributed by atoms with Gasteiger partial charge in [0.25, 0.3) is 0 Å². The quantitative estimate of drug-likeness (QED) is 0.655. The predicted octanol–water partition coefficient (Wildman–Crippen LogP) is 5.64. The molecule has 0 saturated heterocycles. The zero-order valence-corrected chi connectivity index (χ0v) is 17.0. The van der Waals surface area contributed by atoms with Crippen molar-refractivity contribution < 1.29 is 5.11 Å². The highest BCUT2D eigenvalue weighted by atomic mass is 16.3. The normalized spacial score (nSPS) is 46.0. The van der Waals surface area contributed by atoms with Gasteiger partial charge in [-0.25, -0.2) is 0 Å². The average molecular weight is 364 g/mol. The highest BCUT2D eigenvalue weighted by Crippen LogP contribution is 2.67. The molecule has 27 heavy (non-hydrogen) atoms. The molecule has 2 heteroatoms. The molecule has 1 aromatic rings. The Bertz CT molecular complexity index is 796. The van der Waals surface area contributed by atoms with Crippen LogP contribution in [0.15, 0.2) is 42.1 Å². The molecule has 4 aliphatic rings. The second kappa shape index (κ2) is 6.04. The first-order valence-electron chi connectivity index (χ1n) is 10.9. The van der Waals surface area contributed by atoms with Crippen LogP contribution < -0.4 is 0 Å². The number of pyridine rings is 1. The molecule has 0 aromatic carbocycles. The van der Waals surface area contributed by atoms with E-state index in [1.165, 1.54) is 30.5 Å². The molecule has 0 bridgehead atoms. The summed E-state index contributed by atoms with van der Waals surface area (Å²) in [6.45, 7) is 7.47. The van der Waals surface area contributed by atoms with E-state index in [0.717, 1.165) is 37.0 Å². The van der Waals surface area contributed by atoms with Gasteiger partial charge in [0.2, 0.25) is 0 Å². The maximum absolute atomic E-state index is 10.2. The number of hydrogen-bond acceptors (Lipinski definition) is 2.